The van der Waals surface area contributed by atoms with Gasteiger partial charge >= 0.3 is 0 Å². The number of hydrogen-bond acceptors (Lipinski definition) is 0. The van der Waals surface area contributed by atoms with E-state index in [0.29, 0.717) is 6.04 Å². The van der Waals surface area contributed by atoms with Crippen LogP contribution < -0.4 is 0 Å². The molecule has 0 N–H and O–H groups in total. The van der Waals surface area contributed by atoms with Gasteiger partial charge in [-0.3, -0.25) is 0 Å². The number of hydrogen-bond donors (Lipinski definition) is 0. The number of likely N-dealkylation sites (N-methyl/N-ethyl adjacent to an activating group) is 1. The first-order chi connectivity index (χ1) is 13.6. The molecule has 162 valence electrons. The highest BCUT2D eigenvalue weighted by Crippen LogP contribution is 2.16. The molecule has 0 aliphatic rings. The van der Waals surface area contributed by atoms with Crippen LogP contribution in [0.25, 0.3) is 0 Å². The van der Waals surface area contributed by atoms with Crippen LogP contribution in [0.3, 0.4) is 0 Å². The van der Waals surface area contributed by atoms with Crippen LogP contribution in [0.4, 0.5) is 0 Å². The molecule has 0 fully saturated rings. The lowest BCUT2D eigenvalue weighted by Gasteiger charge is -2.36. The molecule has 1 heteroatoms. The standard InChI is InChI=1S/C27H50N/c1-5-6-7-8-9-10-11-12-13-14-15-16-17-21-24-28(3,4)26(2)25-27-22-19-18-20-23-27/h18-20,22-23,26H,5-17,21,24-25H2,1-4H3/q+1. The van der Waals surface area contributed by atoms with Gasteiger partial charge in [0.15, 0.2) is 0 Å². The zero-order valence-corrected chi connectivity index (χ0v) is 19.7. The van der Waals surface area contributed by atoms with Gasteiger partial charge < -0.3 is 4.48 Å². The van der Waals surface area contributed by atoms with Gasteiger partial charge in [0.05, 0.1) is 26.7 Å². The number of quaternary nitrogens is 1. The normalized spacial score (nSPS) is 13.0. The second kappa shape index (κ2) is 16.0. The summed E-state index contributed by atoms with van der Waals surface area (Å²) in [6.45, 7) is 6.02. The Kier molecular flexibility index (Phi) is 14.4. The Balaban J connectivity index is 1.94. The van der Waals surface area contributed by atoms with Crippen LogP contribution in [0.1, 0.15) is 109 Å². The maximum atomic E-state index is 2.41. The summed E-state index contributed by atoms with van der Waals surface area (Å²) < 4.78 is 1.15. The summed E-state index contributed by atoms with van der Waals surface area (Å²) in [4.78, 5) is 0. The first kappa shape index (κ1) is 25.2. The van der Waals surface area contributed by atoms with E-state index in [1.54, 1.807) is 0 Å². The van der Waals surface area contributed by atoms with Gasteiger partial charge in [-0.2, -0.15) is 0 Å². The van der Waals surface area contributed by atoms with E-state index in [-0.39, 0.29) is 0 Å². The fourth-order valence-electron chi connectivity index (χ4n) is 4.14. The summed E-state index contributed by atoms with van der Waals surface area (Å²) in [5.41, 5.74) is 1.47. The van der Waals surface area contributed by atoms with E-state index in [1.165, 1.54) is 108 Å². The molecule has 1 aromatic carbocycles. The third-order valence-electron chi connectivity index (χ3n) is 6.66. The number of benzene rings is 1. The van der Waals surface area contributed by atoms with E-state index >= 15 is 0 Å². The average molecular weight is 389 g/mol. The fourth-order valence-corrected chi connectivity index (χ4v) is 4.14. The highest BCUT2D eigenvalue weighted by Gasteiger charge is 2.23. The second-order valence-electron chi connectivity index (χ2n) is 9.64. The third kappa shape index (κ3) is 12.6. The van der Waals surface area contributed by atoms with Crippen LogP contribution in [0.5, 0.6) is 0 Å². The molecule has 0 spiro atoms. The molecule has 0 saturated carbocycles. The van der Waals surface area contributed by atoms with Gasteiger partial charge in [0.2, 0.25) is 0 Å². The van der Waals surface area contributed by atoms with Gasteiger partial charge in [-0.1, -0.05) is 114 Å². The van der Waals surface area contributed by atoms with Crippen molar-refractivity contribution in [3.8, 4) is 0 Å². The molecular formula is C27H50N+. The largest absolute Gasteiger partial charge is 0.326 e. The molecule has 0 bridgehead atoms. The first-order valence-corrected chi connectivity index (χ1v) is 12.4. The molecule has 0 heterocycles. The summed E-state index contributed by atoms with van der Waals surface area (Å²) in [6, 6.07) is 11.7. The molecule has 0 amide bonds. The molecular weight excluding hydrogens is 338 g/mol. The summed E-state index contributed by atoms with van der Waals surface area (Å²) in [6.07, 6.45) is 21.4. The van der Waals surface area contributed by atoms with Crippen molar-refractivity contribution in [3.05, 3.63) is 35.9 Å². The molecule has 1 atom stereocenters. The van der Waals surface area contributed by atoms with Gasteiger partial charge in [0, 0.05) is 6.42 Å². The lowest BCUT2D eigenvalue weighted by atomic mass is 10.0. The van der Waals surface area contributed by atoms with E-state index in [2.05, 4.69) is 58.3 Å². The second-order valence-corrected chi connectivity index (χ2v) is 9.64. The van der Waals surface area contributed by atoms with Crippen molar-refractivity contribution < 1.29 is 4.48 Å². The summed E-state index contributed by atoms with van der Waals surface area (Å²) in [7, 11) is 4.83. The average Bonchev–Trinajstić information content (AvgIpc) is 2.69. The quantitative estimate of drug-likeness (QED) is 0.176. The predicted molar refractivity (Wildman–Crippen MR) is 127 cm³/mol. The van der Waals surface area contributed by atoms with E-state index in [0.717, 1.165) is 4.48 Å². The van der Waals surface area contributed by atoms with Crippen molar-refractivity contribution in [2.45, 2.75) is 116 Å². The molecule has 28 heavy (non-hydrogen) atoms. The molecule has 1 nitrogen and oxygen atoms in total. The van der Waals surface area contributed by atoms with Gasteiger partial charge in [-0.15, -0.1) is 0 Å². The Morgan fingerprint density at radius 3 is 1.54 bits per heavy atom. The van der Waals surface area contributed by atoms with Crippen LogP contribution in [-0.2, 0) is 6.42 Å². The summed E-state index contributed by atoms with van der Waals surface area (Å²) in [5, 5.41) is 0. The number of nitrogens with zero attached hydrogens (tertiary/aromatic N) is 1. The molecule has 0 aliphatic heterocycles. The van der Waals surface area contributed by atoms with Gasteiger partial charge in [-0.25, -0.2) is 0 Å². The van der Waals surface area contributed by atoms with E-state index in [9.17, 15) is 0 Å². The Morgan fingerprint density at radius 1 is 0.643 bits per heavy atom. The van der Waals surface area contributed by atoms with Crippen LogP contribution in [0.15, 0.2) is 30.3 Å². The predicted octanol–water partition coefficient (Wildman–Crippen LogP) is 8.18. The van der Waals surface area contributed by atoms with Gasteiger partial charge in [0.1, 0.15) is 0 Å². The molecule has 1 rings (SSSR count). The van der Waals surface area contributed by atoms with E-state index in [4.69, 9.17) is 0 Å². The number of rotatable bonds is 18. The van der Waals surface area contributed by atoms with Crippen molar-refractivity contribution in [1.29, 1.82) is 0 Å². The molecule has 0 radical (unpaired) electrons. The minimum atomic E-state index is 0.685. The fraction of sp³-hybridized carbons (Fsp3) is 0.778. The number of unbranched alkanes of at least 4 members (excludes halogenated alkanes) is 13. The topological polar surface area (TPSA) is 0 Å². The first-order valence-electron chi connectivity index (χ1n) is 12.4. The Morgan fingerprint density at radius 2 is 1.07 bits per heavy atom. The van der Waals surface area contributed by atoms with Crippen molar-refractivity contribution in [2.75, 3.05) is 20.6 Å². The van der Waals surface area contributed by atoms with Crippen LogP contribution in [0.2, 0.25) is 0 Å². The maximum Gasteiger partial charge on any atom is 0.0898 e. The molecule has 0 aromatic heterocycles. The van der Waals surface area contributed by atoms with Crippen molar-refractivity contribution >= 4 is 0 Å². The summed E-state index contributed by atoms with van der Waals surface area (Å²) in [5.74, 6) is 0. The SMILES string of the molecule is CCCCCCCCCCCCCCCC[N+](C)(C)C(C)Cc1ccccc1. The van der Waals surface area contributed by atoms with E-state index < -0.39 is 0 Å². The smallest absolute Gasteiger partial charge is 0.0898 e. The lowest BCUT2D eigenvalue weighted by molar-refractivity contribution is -0.913. The van der Waals surface area contributed by atoms with Crippen molar-refractivity contribution in [3.63, 3.8) is 0 Å². The van der Waals surface area contributed by atoms with E-state index in [1.807, 2.05) is 0 Å². The summed E-state index contributed by atoms with van der Waals surface area (Å²) >= 11 is 0. The monoisotopic (exact) mass is 388 g/mol. The Hall–Kier alpha value is -0.820. The molecule has 1 aromatic rings. The maximum absolute atomic E-state index is 2.41. The minimum absolute atomic E-state index is 0.685. The lowest BCUT2D eigenvalue weighted by Crippen LogP contribution is -2.48. The highest BCUT2D eigenvalue weighted by molar-refractivity contribution is 5.15. The zero-order valence-electron chi connectivity index (χ0n) is 19.7. The molecule has 0 saturated heterocycles. The van der Waals surface area contributed by atoms with Crippen molar-refractivity contribution in [1.82, 2.24) is 0 Å². The third-order valence-corrected chi connectivity index (χ3v) is 6.66. The van der Waals surface area contributed by atoms with Crippen LogP contribution >= 0.6 is 0 Å². The minimum Gasteiger partial charge on any atom is -0.326 e. The van der Waals surface area contributed by atoms with Crippen LogP contribution in [0, 0.1) is 0 Å². The Labute approximate surface area is 177 Å². The Bertz CT molecular complexity index is 451. The molecule has 0 aliphatic carbocycles. The van der Waals surface area contributed by atoms with Gasteiger partial charge in [0.25, 0.3) is 0 Å². The molecule has 1 unspecified atom stereocenters. The van der Waals surface area contributed by atoms with Gasteiger partial charge in [-0.05, 0) is 25.3 Å². The van der Waals surface area contributed by atoms with Crippen molar-refractivity contribution in [2.24, 2.45) is 0 Å². The zero-order chi connectivity index (χ0) is 20.5. The van der Waals surface area contributed by atoms with Crippen LogP contribution in [-0.4, -0.2) is 31.2 Å². The highest BCUT2D eigenvalue weighted by atomic mass is 15.3.